The second kappa shape index (κ2) is 11.7. The van der Waals surface area contributed by atoms with Gasteiger partial charge in [-0.2, -0.15) is 0 Å². The maximum absolute atomic E-state index is 13.9. The number of hydrogen-bond acceptors (Lipinski definition) is 5. The molecule has 4 aliphatic carbocycles. The summed E-state index contributed by atoms with van der Waals surface area (Å²) < 4.78 is 12.1. The van der Waals surface area contributed by atoms with Gasteiger partial charge in [-0.25, -0.2) is 4.79 Å². The van der Waals surface area contributed by atoms with E-state index in [1.165, 1.54) is 12.5 Å². The highest BCUT2D eigenvalue weighted by Crippen LogP contribution is 2.73. The summed E-state index contributed by atoms with van der Waals surface area (Å²) in [5, 5.41) is 0. The number of benzene rings is 1. The Hall–Kier alpha value is -2.43. The molecule has 0 heterocycles. The van der Waals surface area contributed by atoms with Gasteiger partial charge >= 0.3 is 11.9 Å². The summed E-state index contributed by atoms with van der Waals surface area (Å²) in [6.45, 7) is 21.9. The molecule has 5 heteroatoms. The molecule has 45 heavy (non-hydrogen) atoms. The van der Waals surface area contributed by atoms with Gasteiger partial charge in [0.1, 0.15) is 11.7 Å². The molecule has 5 rings (SSSR count). The molecule has 0 saturated heterocycles. The first kappa shape index (κ1) is 33.9. The van der Waals surface area contributed by atoms with Gasteiger partial charge < -0.3 is 9.47 Å². The van der Waals surface area contributed by atoms with E-state index < -0.39 is 5.60 Å². The lowest BCUT2D eigenvalue weighted by molar-refractivity contribution is -0.155. The molecule has 5 nitrogen and oxygen atoms in total. The van der Waals surface area contributed by atoms with Crippen LogP contribution in [-0.2, 0) is 19.1 Å². The molecule has 9 atom stereocenters. The molecular weight excluding hydrogens is 560 g/mol. The first-order chi connectivity index (χ1) is 20.9. The second-order valence-electron chi connectivity index (χ2n) is 17.4. The summed E-state index contributed by atoms with van der Waals surface area (Å²) in [5.74, 6) is 1.84. The van der Waals surface area contributed by atoms with E-state index in [9.17, 15) is 14.4 Å². The van der Waals surface area contributed by atoms with Crippen LogP contribution in [0.1, 0.15) is 131 Å². The molecule has 0 spiro atoms. The largest absolute Gasteiger partial charge is 0.460 e. The molecule has 248 valence electrons. The van der Waals surface area contributed by atoms with E-state index in [2.05, 4.69) is 54.5 Å². The average Bonchev–Trinajstić information content (AvgIpc) is 3.24. The zero-order valence-electron chi connectivity index (χ0n) is 29.6. The van der Waals surface area contributed by atoms with Crippen LogP contribution in [0.25, 0.3) is 0 Å². The molecule has 0 N–H and O–H groups in total. The normalized spacial score (nSPS) is 37.1. The predicted molar refractivity (Wildman–Crippen MR) is 178 cm³/mol. The van der Waals surface area contributed by atoms with Crippen molar-refractivity contribution in [1.82, 2.24) is 0 Å². The molecule has 3 fully saturated rings. The van der Waals surface area contributed by atoms with Gasteiger partial charge in [0.05, 0.1) is 5.56 Å². The Kier molecular flexibility index (Phi) is 8.80. The fraction of sp³-hybridized carbons (Fsp3) is 0.725. The number of ether oxygens (including phenoxy) is 2. The minimum Gasteiger partial charge on any atom is -0.460 e. The number of fused-ring (bicyclic) bond motifs is 5. The van der Waals surface area contributed by atoms with Gasteiger partial charge in [0.25, 0.3) is 0 Å². The lowest BCUT2D eigenvalue weighted by Crippen LogP contribution is -2.57. The third-order valence-corrected chi connectivity index (χ3v) is 13.9. The minimum absolute atomic E-state index is 0.0289. The van der Waals surface area contributed by atoms with Crippen LogP contribution in [0.5, 0.6) is 0 Å². The SMILES string of the molecule is CC(=O)OC(C)(C)CC[C@@H](OC(=O)c1ccccc1)C(C)(C)[C@H]1CC[C@@]2(C)C3=CC(=O)[C@@H]4C[C@H](C)[C@H](C)C[C@]4(C)C3CC[C@]12C. The third-order valence-electron chi connectivity index (χ3n) is 13.9. The minimum atomic E-state index is -0.667. The number of esters is 2. The van der Waals surface area contributed by atoms with Crippen LogP contribution < -0.4 is 0 Å². The van der Waals surface area contributed by atoms with Gasteiger partial charge in [-0.1, -0.05) is 72.2 Å². The Bertz CT molecular complexity index is 1340. The number of allylic oxidation sites excluding steroid dienone is 2. The van der Waals surface area contributed by atoms with Gasteiger partial charge in [-0.15, -0.1) is 0 Å². The van der Waals surface area contributed by atoms with Crippen molar-refractivity contribution in [3.63, 3.8) is 0 Å². The van der Waals surface area contributed by atoms with Crippen molar-refractivity contribution in [2.45, 2.75) is 132 Å². The summed E-state index contributed by atoms with van der Waals surface area (Å²) >= 11 is 0. The molecule has 4 aliphatic rings. The number of carbonyl (C=O) groups is 3. The first-order valence-electron chi connectivity index (χ1n) is 17.6. The van der Waals surface area contributed by atoms with Gasteiger partial charge in [-0.3, -0.25) is 9.59 Å². The van der Waals surface area contributed by atoms with Crippen molar-refractivity contribution in [2.24, 2.45) is 51.2 Å². The Morgan fingerprint density at radius 1 is 0.956 bits per heavy atom. The zero-order chi connectivity index (χ0) is 33.2. The maximum Gasteiger partial charge on any atom is 0.338 e. The molecule has 0 aromatic heterocycles. The van der Waals surface area contributed by atoms with Crippen molar-refractivity contribution in [2.75, 3.05) is 0 Å². The van der Waals surface area contributed by atoms with E-state index in [1.807, 2.05) is 32.0 Å². The van der Waals surface area contributed by atoms with Gasteiger partial charge in [0.15, 0.2) is 5.78 Å². The van der Waals surface area contributed by atoms with Crippen molar-refractivity contribution in [3.8, 4) is 0 Å². The smallest absolute Gasteiger partial charge is 0.338 e. The fourth-order valence-corrected chi connectivity index (χ4v) is 11.0. The highest BCUT2D eigenvalue weighted by molar-refractivity contribution is 5.94. The fourth-order valence-electron chi connectivity index (χ4n) is 11.0. The van der Waals surface area contributed by atoms with Crippen LogP contribution in [0.3, 0.4) is 0 Å². The van der Waals surface area contributed by atoms with E-state index in [1.54, 1.807) is 12.1 Å². The molecule has 1 unspecified atom stereocenters. The monoisotopic (exact) mass is 618 g/mol. The molecule has 0 bridgehead atoms. The van der Waals surface area contributed by atoms with Crippen LogP contribution >= 0.6 is 0 Å². The highest BCUT2D eigenvalue weighted by Gasteiger charge is 2.67. The van der Waals surface area contributed by atoms with Gasteiger partial charge in [0.2, 0.25) is 0 Å². The number of rotatable bonds is 8. The summed E-state index contributed by atoms with van der Waals surface area (Å²) in [6.07, 6.45) is 9.35. The van der Waals surface area contributed by atoms with Crippen LogP contribution in [0, 0.1) is 51.2 Å². The van der Waals surface area contributed by atoms with E-state index in [-0.39, 0.29) is 51.5 Å². The molecule has 1 aromatic rings. The lowest BCUT2D eigenvalue weighted by atomic mass is 9.42. The van der Waals surface area contributed by atoms with Crippen LogP contribution in [0.4, 0.5) is 0 Å². The number of carbonyl (C=O) groups excluding carboxylic acids is 3. The van der Waals surface area contributed by atoms with Crippen molar-refractivity contribution in [1.29, 1.82) is 0 Å². The third kappa shape index (κ3) is 5.73. The van der Waals surface area contributed by atoms with E-state index in [4.69, 9.17) is 9.47 Å². The Morgan fingerprint density at radius 3 is 2.27 bits per heavy atom. The van der Waals surface area contributed by atoms with E-state index in [0.717, 1.165) is 38.5 Å². The number of hydrogen-bond donors (Lipinski definition) is 0. The molecule has 1 aromatic carbocycles. The van der Waals surface area contributed by atoms with Crippen LogP contribution in [0.15, 0.2) is 42.0 Å². The maximum atomic E-state index is 13.9. The standard InChI is InChI=1S/C40H58O5/c1-25-22-31-32(42)23-30-29(38(31,8)24-26(25)2)16-20-40(10)33(17-21-39(30,40)9)37(6,7)34(18-19-36(4,5)45-27(3)41)44-35(43)28-14-12-11-13-15-28/h11-15,23,25-26,29,31,33-34H,16-22,24H2,1-10H3/t25-,26+,29?,31-,33+,34+,38+,39-,40+/m0/s1. The van der Waals surface area contributed by atoms with Crippen molar-refractivity contribution in [3.05, 3.63) is 47.5 Å². The average molecular weight is 619 g/mol. The topological polar surface area (TPSA) is 69.7 Å². The summed E-state index contributed by atoms with van der Waals surface area (Å²) in [6, 6.07) is 9.23. The Labute approximate surface area is 272 Å². The highest BCUT2D eigenvalue weighted by atomic mass is 16.6. The molecule has 0 aliphatic heterocycles. The lowest BCUT2D eigenvalue weighted by Gasteiger charge is -2.62. The quantitative estimate of drug-likeness (QED) is 0.272. The first-order valence-corrected chi connectivity index (χ1v) is 17.6. The molecular formula is C40H58O5. The summed E-state index contributed by atoms with van der Waals surface area (Å²) in [5.41, 5.74) is 0.841. The second-order valence-corrected chi connectivity index (χ2v) is 17.4. The molecule has 3 saturated carbocycles. The molecule has 0 radical (unpaired) electrons. The Morgan fingerprint density at radius 2 is 1.62 bits per heavy atom. The van der Waals surface area contributed by atoms with E-state index >= 15 is 0 Å². The number of ketones is 1. The van der Waals surface area contributed by atoms with Crippen LogP contribution in [-0.4, -0.2) is 29.4 Å². The zero-order valence-corrected chi connectivity index (χ0v) is 29.6. The van der Waals surface area contributed by atoms with E-state index in [0.29, 0.717) is 41.9 Å². The summed E-state index contributed by atoms with van der Waals surface area (Å²) in [7, 11) is 0. The van der Waals surface area contributed by atoms with Crippen molar-refractivity contribution >= 4 is 17.7 Å². The van der Waals surface area contributed by atoms with Crippen molar-refractivity contribution < 1.29 is 23.9 Å². The van der Waals surface area contributed by atoms with Gasteiger partial charge in [-0.05, 0) is 123 Å². The summed E-state index contributed by atoms with van der Waals surface area (Å²) in [4.78, 5) is 39.3. The van der Waals surface area contributed by atoms with Gasteiger partial charge in [0, 0.05) is 18.3 Å². The molecule has 0 amide bonds. The predicted octanol–water partition coefficient (Wildman–Crippen LogP) is 9.39. The Balaban J connectivity index is 1.47. The van der Waals surface area contributed by atoms with Crippen LogP contribution in [0.2, 0.25) is 0 Å².